The normalized spacial score (nSPS) is 11.5. The number of benzene rings is 1. The van der Waals surface area contributed by atoms with E-state index in [-0.39, 0.29) is 5.54 Å². The summed E-state index contributed by atoms with van der Waals surface area (Å²) in [7, 11) is 0. The third-order valence-corrected chi connectivity index (χ3v) is 2.62. The molecular formula is C13H15ClN2O. The number of aromatic nitrogens is 2. The van der Waals surface area contributed by atoms with Crippen molar-refractivity contribution in [3.8, 4) is 11.5 Å². The molecular weight excluding hydrogens is 236 g/mol. The molecule has 0 spiro atoms. The van der Waals surface area contributed by atoms with Crippen LogP contribution in [0.25, 0.3) is 0 Å². The number of nitrogens with zero attached hydrogens (tertiary/aromatic N) is 2. The van der Waals surface area contributed by atoms with Gasteiger partial charge in [-0.05, 0) is 32.9 Å². The number of halogens is 1. The molecule has 2 aromatic rings. The summed E-state index contributed by atoms with van der Waals surface area (Å²) in [6.45, 7) is 6.25. The summed E-state index contributed by atoms with van der Waals surface area (Å²) in [6, 6.07) is 7.38. The van der Waals surface area contributed by atoms with E-state index in [1.54, 1.807) is 12.3 Å². The number of hydrogen-bond donors (Lipinski definition) is 0. The van der Waals surface area contributed by atoms with Crippen molar-refractivity contribution in [1.82, 2.24) is 9.78 Å². The molecule has 2 rings (SSSR count). The Bertz CT molecular complexity index is 514. The number of para-hydroxylation sites is 1. The van der Waals surface area contributed by atoms with Gasteiger partial charge < -0.3 is 4.74 Å². The van der Waals surface area contributed by atoms with Crippen molar-refractivity contribution in [3.05, 3.63) is 41.7 Å². The quantitative estimate of drug-likeness (QED) is 0.803. The maximum absolute atomic E-state index is 6.02. The Labute approximate surface area is 106 Å². The van der Waals surface area contributed by atoms with E-state index < -0.39 is 0 Å². The Hall–Kier alpha value is -1.48. The zero-order valence-electron chi connectivity index (χ0n) is 10.1. The first-order chi connectivity index (χ1) is 7.97. The minimum Gasteiger partial charge on any atom is -0.452 e. The molecule has 1 aromatic carbocycles. The van der Waals surface area contributed by atoms with E-state index in [9.17, 15) is 0 Å². The van der Waals surface area contributed by atoms with Crippen molar-refractivity contribution in [1.29, 1.82) is 0 Å². The molecule has 1 heterocycles. The molecule has 0 saturated carbocycles. The molecule has 0 radical (unpaired) electrons. The SMILES string of the molecule is CC(C)(C)n1cc(Oc2ccccc2Cl)cn1. The molecule has 1 aromatic heterocycles. The largest absolute Gasteiger partial charge is 0.452 e. The maximum atomic E-state index is 6.02. The van der Waals surface area contributed by atoms with Gasteiger partial charge in [-0.3, -0.25) is 4.68 Å². The first-order valence-electron chi connectivity index (χ1n) is 5.44. The topological polar surface area (TPSA) is 27.1 Å². The third-order valence-electron chi connectivity index (χ3n) is 2.31. The van der Waals surface area contributed by atoms with E-state index in [4.69, 9.17) is 16.3 Å². The van der Waals surface area contributed by atoms with Crippen molar-refractivity contribution in [3.63, 3.8) is 0 Å². The van der Waals surface area contributed by atoms with Crippen LogP contribution in [-0.2, 0) is 5.54 Å². The Balaban J connectivity index is 2.21. The van der Waals surface area contributed by atoms with Gasteiger partial charge in [-0.15, -0.1) is 0 Å². The average Bonchev–Trinajstić information content (AvgIpc) is 2.69. The smallest absolute Gasteiger partial charge is 0.165 e. The van der Waals surface area contributed by atoms with E-state index in [0.717, 1.165) is 0 Å². The van der Waals surface area contributed by atoms with Crippen LogP contribution >= 0.6 is 11.6 Å². The van der Waals surface area contributed by atoms with Crippen LogP contribution in [0.3, 0.4) is 0 Å². The first-order valence-corrected chi connectivity index (χ1v) is 5.82. The number of hydrogen-bond acceptors (Lipinski definition) is 2. The van der Waals surface area contributed by atoms with Crippen LogP contribution < -0.4 is 4.74 Å². The Morgan fingerprint density at radius 3 is 2.53 bits per heavy atom. The summed E-state index contributed by atoms with van der Waals surface area (Å²) in [5.41, 5.74) is -0.0535. The highest BCUT2D eigenvalue weighted by atomic mass is 35.5. The Morgan fingerprint density at radius 1 is 1.24 bits per heavy atom. The van der Waals surface area contributed by atoms with Crippen LogP contribution in [0.4, 0.5) is 0 Å². The van der Waals surface area contributed by atoms with Gasteiger partial charge in [0.1, 0.15) is 5.75 Å². The molecule has 0 saturated heterocycles. The van der Waals surface area contributed by atoms with Gasteiger partial charge in [-0.25, -0.2) is 0 Å². The van der Waals surface area contributed by atoms with Crippen LogP contribution in [0, 0.1) is 0 Å². The molecule has 4 heteroatoms. The molecule has 17 heavy (non-hydrogen) atoms. The predicted octanol–water partition coefficient (Wildman–Crippen LogP) is 4.08. The lowest BCUT2D eigenvalue weighted by molar-refractivity contribution is 0.353. The molecule has 0 atom stereocenters. The average molecular weight is 251 g/mol. The monoisotopic (exact) mass is 250 g/mol. The number of rotatable bonds is 2. The maximum Gasteiger partial charge on any atom is 0.165 e. The molecule has 3 nitrogen and oxygen atoms in total. The summed E-state index contributed by atoms with van der Waals surface area (Å²) in [5, 5.41) is 4.86. The van der Waals surface area contributed by atoms with Crippen molar-refractivity contribution in [2.75, 3.05) is 0 Å². The fraction of sp³-hybridized carbons (Fsp3) is 0.308. The molecule has 0 aliphatic carbocycles. The van der Waals surface area contributed by atoms with Crippen molar-refractivity contribution >= 4 is 11.6 Å². The molecule has 0 aliphatic rings. The highest BCUT2D eigenvalue weighted by molar-refractivity contribution is 6.32. The minimum atomic E-state index is -0.0535. The number of ether oxygens (including phenoxy) is 1. The van der Waals surface area contributed by atoms with Crippen LogP contribution in [0.2, 0.25) is 5.02 Å². The van der Waals surface area contributed by atoms with Gasteiger partial charge >= 0.3 is 0 Å². The zero-order chi connectivity index (χ0) is 12.5. The van der Waals surface area contributed by atoms with Crippen LogP contribution in [0.5, 0.6) is 11.5 Å². The van der Waals surface area contributed by atoms with Crippen LogP contribution in [0.1, 0.15) is 20.8 Å². The van der Waals surface area contributed by atoms with Crippen molar-refractivity contribution in [2.24, 2.45) is 0 Å². The van der Waals surface area contributed by atoms with E-state index in [1.807, 2.05) is 29.1 Å². The van der Waals surface area contributed by atoms with Gasteiger partial charge in [0.05, 0.1) is 23.0 Å². The van der Waals surface area contributed by atoms with Gasteiger partial charge in [-0.2, -0.15) is 5.10 Å². The summed E-state index contributed by atoms with van der Waals surface area (Å²) in [6.07, 6.45) is 3.55. The first kappa shape index (κ1) is 12.0. The Kier molecular flexibility index (Phi) is 3.11. The third kappa shape index (κ3) is 2.80. The van der Waals surface area contributed by atoms with Crippen LogP contribution in [-0.4, -0.2) is 9.78 Å². The van der Waals surface area contributed by atoms with E-state index in [1.165, 1.54) is 0 Å². The second kappa shape index (κ2) is 4.41. The summed E-state index contributed by atoms with van der Waals surface area (Å²) in [5.74, 6) is 1.33. The summed E-state index contributed by atoms with van der Waals surface area (Å²) >= 11 is 6.02. The van der Waals surface area contributed by atoms with Crippen LogP contribution in [0.15, 0.2) is 36.7 Å². The molecule has 0 unspecified atom stereocenters. The Morgan fingerprint density at radius 2 is 1.94 bits per heavy atom. The molecule has 0 aliphatic heterocycles. The highest BCUT2D eigenvalue weighted by Gasteiger charge is 2.14. The lowest BCUT2D eigenvalue weighted by Gasteiger charge is -2.18. The fourth-order valence-electron chi connectivity index (χ4n) is 1.38. The lowest BCUT2D eigenvalue weighted by Crippen LogP contribution is -2.21. The molecule has 90 valence electrons. The second-order valence-electron chi connectivity index (χ2n) is 4.82. The fourth-order valence-corrected chi connectivity index (χ4v) is 1.55. The van der Waals surface area contributed by atoms with E-state index >= 15 is 0 Å². The summed E-state index contributed by atoms with van der Waals surface area (Å²) < 4.78 is 7.53. The van der Waals surface area contributed by atoms with Gasteiger partial charge in [-0.1, -0.05) is 23.7 Å². The molecule has 0 N–H and O–H groups in total. The van der Waals surface area contributed by atoms with E-state index in [0.29, 0.717) is 16.5 Å². The predicted molar refractivity (Wildman–Crippen MR) is 68.7 cm³/mol. The minimum absolute atomic E-state index is 0.0535. The van der Waals surface area contributed by atoms with Gasteiger partial charge in [0.25, 0.3) is 0 Å². The second-order valence-corrected chi connectivity index (χ2v) is 5.23. The van der Waals surface area contributed by atoms with Gasteiger partial charge in [0, 0.05) is 0 Å². The van der Waals surface area contributed by atoms with Crippen molar-refractivity contribution < 1.29 is 4.74 Å². The molecule has 0 fully saturated rings. The molecule has 0 amide bonds. The van der Waals surface area contributed by atoms with Crippen molar-refractivity contribution in [2.45, 2.75) is 26.3 Å². The lowest BCUT2D eigenvalue weighted by atomic mass is 10.1. The standard InChI is InChI=1S/C13H15ClN2O/c1-13(2,3)16-9-10(8-15-16)17-12-7-5-4-6-11(12)14/h4-9H,1-3H3. The van der Waals surface area contributed by atoms with E-state index in [2.05, 4.69) is 25.9 Å². The molecule has 0 bridgehead atoms. The highest BCUT2D eigenvalue weighted by Crippen LogP contribution is 2.29. The zero-order valence-corrected chi connectivity index (χ0v) is 10.9. The van der Waals surface area contributed by atoms with Gasteiger partial charge in [0.2, 0.25) is 0 Å². The summed E-state index contributed by atoms with van der Waals surface area (Å²) in [4.78, 5) is 0. The van der Waals surface area contributed by atoms with Gasteiger partial charge in [0.15, 0.2) is 5.75 Å².